The van der Waals surface area contributed by atoms with Crippen molar-refractivity contribution in [2.75, 3.05) is 17.2 Å². The molecule has 90 valence electrons. The van der Waals surface area contributed by atoms with E-state index in [4.69, 9.17) is 17.3 Å². The molecule has 0 unspecified atom stereocenters. The van der Waals surface area contributed by atoms with Gasteiger partial charge < -0.3 is 5.73 Å². The van der Waals surface area contributed by atoms with Crippen LogP contribution in [0.15, 0.2) is 12.3 Å². The van der Waals surface area contributed by atoms with E-state index in [1.807, 2.05) is 6.92 Å². The van der Waals surface area contributed by atoms with Crippen LogP contribution in [0.3, 0.4) is 0 Å². The van der Waals surface area contributed by atoms with E-state index in [1.54, 1.807) is 6.07 Å². The fraction of sp³-hybridized carbons (Fsp3) is 0.500. The maximum absolute atomic E-state index is 11.5. The number of sulfone groups is 1. The fourth-order valence-corrected chi connectivity index (χ4v) is 2.91. The van der Waals surface area contributed by atoms with Crippen molar-refractivity contribution in [3.63, 3.8) is 0 Å². The molecular formula is C10H15ClN2O2S. The molecule has 0 saturated carbocycles. The first-order chi connectivity index (χ1) is 7.44. The lowest BCUT2D eigenvalue weighted by atomic mass is 10.2. The molecule has 4 nitrogen and oxygen atoms in total. The van der Waals surface area contributed by atoms with E-state index in [0.717, 1.165) is 0 Å². The second-order valence-corrected chi connectivity index (χ2v) is 6.34. The fourth-order valence-electron chi connectivity index (χ4n) is 1.37. The normalized spacial score (nSPS) is 11.6. The molecule has 0 bridgehead atoms. The Morgan fingerprint density at radius 1 is 1.44 bits per heavy atom. The Bertz CT molecular complexity index is 460. The zero-order valence-corrected chi connectivity index (χ0v) is 10.7. The van der Waals surface area contributed by atoms with Crippen molar-refractivity contribution >= 4 is 27.3 Å². The van der Waals surface area contributed by atoms with Crippen molar-refractivity contribution in [1.82, 2.24) is 4.98 Å². The Labute approximate surface area is 101 Å². The van der Waals surface area contributed by atoms with Gasteiger partial charge in [0, 0.05) is 11.9 Å². The zero-order chi connectivity index (χ0) is 12.2. The molecule has 0 aliphatic rings. The number of pyridine rings is 1. The van der Waals surface area contributed by atoms with Crippen LogP contribution in [0, 0.1) is 0 Å². The van der Waals surface area contributed by atoms with Gasteiger partial charge in [0.05, 0.1) is 10.8 Å². The molecule has 2 N–H and O–H groups in total. The summed E-state index contributed by atoms with van der Waals surface area (Å²) in [5.41, 5.74) is 6.32. The van der Waals surface area contributed by atoms with E-state index in [9.17, 15) is 8.42 Å². The highest BCUT2D eigenvalue weighted by Crippen LogP contribution is 2.16. The molecule has 0 amide bonds. The summed E-state index contributed by atoms with van der Waals surface area (Å²) in [6.07, 6.45) is 2.44. The number of nitrogens with two attached hydrogens (primary N) is 1. The maximum atomic E-state index is 11.5. The molecule has 0 radical (unpaired) electrons. The van der Waals surface area contributed by atoms with Gasteiger partial charge in [0.1, 0.15) is 5.82 Å². The van der Waals surface area contributed by atoms with Crippen LogP contribution >= 0.6 is 11.6 Å². The second-order valence-electron chi connectivity index (χ2n) is 3.60. The summed E-state index contributed by atoms with van der Waals surface area (Å²) < 4.78 is 23.0. The monoisotopic (exact) mass is 262 g/mol. The average molecular weight is 263 g/mol. The van der Waals surface area contributed by atoms with Gasteiger partial charge >= 0.3 is 0 Å². The number of nitrogens with zero attached hydrogens (tertiary/aromatic N) is 1. The Morgan fingerprint density at radius 2 is 2.12 bits per heavy atom. The van der Waals surface area contributed by atoms with Gasteiger partial charge in [-0.05, 0) is 24.5 Å². The summed E-state index contributed by atoms with van der Waals surface area (Å²) in [5.74, 6) is 0.643. The Morgan fingerprint density at radius 3 is 2.75 bits per heavy atom. The minimum atomic E-state index is -2.99. The highest BCUT2D eigenvalue weighted by Gasteiger charge is 2.11. The summed E-state index contributed by atoms with van der Waals surface area (Å²) in [6.45, 7) is 1.84. The summed E-state index contributed by atoms with van der Waals surface area (Å²) in [5, 5.41) is 0.470. The van der Waals surface area contributed by atoms with Crippen molar-refractivity contribution in [3.8, 4) is 0 Å². The first kappa shape index (κ1) is 13.3. The third kappa shape index (κ3) is 3.98. The van der Waals surface area contributed by atoms with Gasteiger partial charge in [0.25, 0.3) is 0 Å². The number of halogens is 1. The Hall–Kier alpha value is -0.810. The van der Waals surface area contributed by atoms with Gasteiger partial charge in [-0.25, -0.2) is 13.4 Å². The van der Waals surface area contributed by atoms with E-state index >= 15 is 0 Å². The van der Waals surface area contributed by atoms with Crippen LogP contribution in [-0.2, 0) is 16.3 Å². The van der Waals surface area contributed by atoms with Crippen LogP contribution in [0.25, 0.3) is 0 Å². The lowest BCUT2D eigenvalue weighted by Crippen LogP contribution is -2.13. The van der Waals surface area contributed by atoms with E-state index in [2.05, 4.69) is 4.98 Å². The van der Waals surface area contributed by atoms with E-state index in [-0.39, 0.29) is 11.5 Å². The quantitative estimate of drug-likeness (QED) is 0.876. The lowest BCUT2D eigenvalue weighted by Gasteiger charge is -2.05. The van der Waals surface area contributed by atoms with Crippen LogP contribution in [0.2, 0.25) is 5.02 Å². The van der Waals surface area contributed by atoms with Crippen LogP contribution in [0.4, 0.5) is 5.82 Å². The molecule has 0 fully saturated rings. The third-order valence-electron chi connectivity index (χ3n) is 2.17. The molecule has 16 heavy (non-hydrogen) atoms. The number of aromatic nitrogens is 1. The first-order valence-corrected chi connectivity index (χ1v) is 7.25. The van der Waals surface area contributed by atoms with Crippen molar-refractivity contribution in [1.29, 1.82) is 0 Å². The topological polar surface area (TPSA) is 73.0 Å². The van der Waals surface area contributed by atoms with Gasteiger partial charge in [-0.1, -0.05) is 18.5 Å². The highest BCUT2D eigenvalue weighted by atomic mass is 35.5. The number of rotatable bonds is 5. The minimum absolute atomic E-state index is 0.0903. The molecule has 0 spiro atoms. The van der Waals surface area contributed by atoms with E-state index in [1.165, 1.54) is 6.20 Å². The third-order valence-corrected chi connectivity index (χ3v) is 4.23. The Balaban J connectivity index is 2.71. The van der Waals surface area contributed by atoms with Crippen molar-refractivity contribution in [2.24, 2.45) is 0 Å². The number of hydrogen-bond acceptors (Lipinski definition) is 4. The maximum Gasteiger partial charge on any atom is 0.150 e. The summed E-state index contributed by atoms with van der Waals surface area (Å²) in [6, 6.07) is 1.66. The van der Waals surface area contributed by atoms with Crippen molar-refractivity contribution in [3.05, 3.63) is 22.8 Å². The van der Waals surface area contributed by atoms with Crippen molar-refractivity contribution < 1.29 is 8.42 Å². The average Bonchev–Trinajstić information content (AvgIpc) is 2.19. The lowest BCUT2D eigenvalue weighted by molar-refractivity contribution is 0.594. The smallest absolute Gasteiger partial charge is 0.150 e. The van der Waals surface area contributed by atoms with Crippen LogP contribution in [-0.4, -0.2) is 24.9 Å². The Kier molecular flexibility index (Phi) is 4.56. The molecule has 0 atom stereocenters. The SMILES string of the molecule is CCCS(=O)(=O)CCc1cc(Cl)cnc1N. The van der Waals surface area contributed by atoms with Gasteiger partial charge in [-0.2, -0.15) is 0 Å². The van der Waals surface area contributed by atoms with Crippen molar-refractivity contribution in [2.45, 2.75) is 19.8 Å². The second kappa shape index (κ2) is 5.50. The molecular weight excluding hydrogens is 248 g/mol. The number of nitrogen functional groups attached to an aromatic ring is 1. The molecule has 1 aromatic rings. The van der Waals surface area contributed by atoms with Gasteiger partial charge in [-0.15, -0.1) is 0 Å². The molecule has 0 aromatic carbocycles. The molecule has 6 heteroatoms. The number of aryl methyl sites for hydroxylation is 1. The van der Waals surface area contributed by atoms with E-state index < -0.39 is 9.84 Å². The minimum Gasteiger partial charge on any atom is -0.383 e. The van der Waals surface area contributed by atoms with Crippen LogP contribution in [0.1, 0.15) is 18.9 Å². The predicted molar refractivity (Wildman–Crippen MR) is 66.3 cm³/mol. The van der Waals surface area contributed by atoms with Crippen LogP contribution < -0.4 is 5.73 Å². The highest BCUT2D eigenvalue weighted by molar-refractivity contribution is 7.91. The summed E-state index contributed by atoms with van der Waals surface area (Å²) in [7, 11) is -2.99. The standard InChI is InChI=1S/C10H15ClN2O2S/c1-2-4-16(14,15)5-3-8-6-9(11)7-13-10(8)12/h6-7H,2-5H2,1H3,(H2,12,13). The number of anilines is 1. The largest absolute Gasteiger partial charge is 0.383 e. The van der Waals surface area contributed by atoms with Gasteiger partial charge in [0.15, 0.2) is 9.84 Å². The molecule has 0 aliphatic heterocycles. The first-order valence-electron chi connectivity index (χ1n) is 5.05. The summed E-state index contributed by atoms with van der Waals surface area (Å²) >= 11 is 5.76. The van der Waals surface area contributed by atoms with E-state index in [0.29, 0.717) is 29.2 Å². The predicted octanol–water partition coefficient (Wildman–Crippen LogP) is 1.68. The van der Waals surface area contributed by atoms with Gasteiger partial charge in [0.2, 0.25) is 0 Å². The molecule has 1 rings (SSSR count). The molecule has 0 aliphatic carbocycles. The summed E-state index contributed by atoms with van der Waals surface area (Å²) in [4.78, 5) is 3.88. The zero-order valence-electron chi connectivity index (χ0n) is 9.11. The molecule has 1 aromatic heterocycles. The van der Waals surface area contributed by atoms with Crippen LogP contribution in [0.5, 0.6) is 0 Å². The molecule has 0 saturated heterocycles. The van der Waals surface area contributed by atoms with Gasteiger partial charge in [-0.3, -0.25) is 0 Å². The molecule has 1 heterocycles. The number of hydrogen-bond donors (Lipinski definition) is 1.